The minimum atomic E-state index is 0.593. The summed E-state index contributed by atoms with van der Waals surface area (Å²) < 4.78 is 6.76. The second-order valence-corrected chi connectivity index (χ2v) is 13.6. The zero-order chi connectivity index (χ0) is 36.6. The second kappa shape index (κ2) is 13.8. The highest BCUT2D eigenvalue weighted by Crippen LogP contribution is 2.39. The molecule has 0 aliphatic rings. The molecule has 4 heteroatoms. The van der Waals surface area contributed by atoms with Gasteiger partial charge in [-0.3, -0.25) is 0 Å². The van der Waals surface area contributed by atoms with Crippen molar-refractivity contribution in [2.45, 2.75) is 0 Å². The summed E-state index contributed by atoms with van der Waals surface area (Å²) in [5, 5.41) is 2.10. The number of aromatic nitrogens is 3. The molecule has 0 saturated carbocycles. The lowest BCUT2D eigenvalue weighted by molar-refractivity contribution is 0.670. The van der Waals surface area contributed by atoms with Gasteiger partial charge in [-0.25, -0.2) is 15.0 Å². The van der Waals surface area contributed by atoms with Crippen molar-refractivity contribution < 1.29 is 4.42 Å². The van der Waals surface area contributed by atoms with Crippen LogP contribution in [0.4, 0.5) is 0 Å². The monoisotopic (exact) mass is 703 g/mol. The van der Waals surface area contributed by atoms with Crippen LogP contribution in [-0.4, -0.2) is 15.0 Å². The zero-order valence-electron chi connectivity index (χ0n) is 29.8. The van der Waals surface area contributed by atoms with Crippen LogP contribution in [0.1, 0.15) is 0 Å². The van der Waals surface area contributed by atoms with Gasteiger partial charge in [0.25, 0.3) is 0 Å². The highest BCUT2D eigenvalue weighted by molar-refractivity contribution is 6.10. The van der Waals surface area contributed by atoms with Crippen LogP contribution in [0.3, 0.4) is 0 Å². The van der Waals surface area contributed by atoms with Crippen LogP contribution in [0.15, 0.2) is 205 Å². The average Bonchev–Trinajstić information content (AvgIpc) is 3.66. The Bertz CT molecular complexity index is 2840. The number of para-hydroxylation sites is 1. The van der Waals surface area contributed by atoms with E-state index in [0.29, 0.717) is 17.5 Å². The lowest BCUT2D eigenvalue weighted by Crippen LogP contribution is -2.00. The molecule has 2 aromatic heterocycles. The average molecular weight is 704 g/mol. The molecule has 0 saturated heterocycles. The van der Waals surface area contributed by atoms with E-state index in [1.54, 1.807) is 0 Å². The Kier molecular flexibility index (Phi) is 8.12. The first kappa shape index (κ1) is 32.2. The third kappa shape index (κ3) is 6.26. The van der Waals surface area contributed by atoms with Crippen molar-refractivity contribution in [1.29, 1.82) is 0 Å². The molecule has 0 fully saturated rings. The van der Waals surface area contributed by atoms with Gasteiger partial charge in [0.05, 0.1) is 0 Å². The Morgan fingerprint density at radius 3 is 1.27 bits per heavy atom. The lowest BCUT2D eigenvalue weighted by Gasteiger charge is -2.12. The van der Waals surface area contributed by atoms with E-state index >= 15 is 0 Å². The van der Waals surface area contributed by atoms with Crippen molar-refractivity contribution in [2.75, 3.05) is 0 Å². The lowest BCUT2D eigenvalue weighted by atomic mass is 9.92. The molecule has 0 atom stereocenters. The van der Waals surface area contributed by atoms with Crippen LogP contribution in [-0.2, 0) is 0 Å². The third-order valence-corrected chi connectivity index (χ3v) is 10.1. The van der Waals surface area contributed by atoms with E-state index in [-0.39, 0.29) is 0 Å². The highest BCUT2D eigenvalue weighted by atomic mass is 16.3. The van der Waals surface area contributed by atoms with Crippen molar-refractivity contribution >= 4 is 21.9 Å². The van der Waals surface area contributed by atoms with E-state index in [9.17, 15) is 0 Å². The molecule has 0 aliphatic carbocycles. The molecule has 0 bridgehead atoms. The molecule has 0 amide bonds. The quantitative estimate of drug-likeness (QED) is 0.166. The van der Waals surface area contributed by atoms with Crippen LogP contribution in [0.2, 0.25) is 0 Å². The van der Waals surface area contributed by atoms with Gasteiger partial charge in [-0.05, 0) is 75.3 Å². The molecule has 0 radical (unpaired) electrons. The van der Waals surface area contributed by atoms with Gasteiger partial charge in [0.1, 0.15) is 11.2 Å². The largest absolute Gasteiger partial charge is 0.455 e. The summed E-state index contributed by atoms with van der Waals surface area (Å²) >= 11 is 0. The van der Waals surface area contributed by atoms with Gasteiger partial charge in [0, 0.05) is 33.0 Å². The van der Waals surface area contributed by atoms with Crippen LogP contribution in [0.25, 0.3) is 101 Å². The summed E-state index contributed by atoms with van der Waals surface area (Å²) in [7, 11) is 0. The van der Waals surface area contributed by atoms with Gasteiger partial charge in [0.2, 0.25) is 0 Å². The second-order valence-electron chi connectivity index (χ2n) is 13.6. The minimum Gasteiger partial charge on any atom is -0.455 e. The molecule has 0 unspecified atom stereocenters. The van der Waals surface area contributed by atoms with E-state index in [1.165, 1.54) is 22.3 Å². The maximum Gasteiger partial charge on any atom is 0.164 e. The predicted molar refractivity (Wildman–Crippen MR) is 225 cm³/mol. The van der Waals surface area contributed by atoms with E-state index in [2.05, 4.69) is 140 Å². The summed E-state index contributed by atoms with van der Waals surface area (Å²) in [6, 6.07) is 69.5. The smallest absolute Gasteiger partial charge is 0.164 e. The number of nitrogens with zero attached hydrogens (tertiary/aromatic N) is 3. The Hall–Kier alpha value is -7.43. The number of furan rings is 1. The fourth-order valence-electron chi connectivity index (χ4n) is 7.36. The first-order valence-corrected chi connectivity index (χ1v) is 18.4. The molecular formula is C51H33N3O. The Morgan fingerprint density at radius 2 is 0.709 bits per heavy atom. The van der Waals surface area contributed by atoms with E-state index in [4.69, 9.17) is 19.4 Å². The summed E-state index contributed by atoms with van der Waals surface area (Å²) in [4.78, 5) is 14.8. The van der Waals surface area contributed by atoms with Gasteiger partial charge in [-0.2, -0.15) is 0 Å². The van der Waals surface area contributed by atoms with Crippen LogP contribution in [0, 0.1) is 0 Å². The van der Waals surface area contributed by atoms with Crippen LogP contribution in [0.5, 0.6) is 0 Å². The fourth-order valence-corrected chi connectivity index (χ4v) is 7.36. The van der Waals surface area contributed by atoms with Gasteiger partial charge in [0.15, 0.2) is 17.5 Å². The number of fused-ring (bicyclic) bond motifs is 3. The Balaban J connectivity index is 1.07. The molecule has 10 rings (SSSR count). The summed E-state index contributed by atoms with van der Waals surface area (Å²) in [5.41, 5.74) is 13.5. The number of rotatable bonds is 7. The zero-order valence-corrected chi connectivity index (χ0v) is 29.8. The van der Waals surface area contributed by atoms with Crippen molar-refractivity contribution in [3.05, 3.63) is 200 Å². The maximum atomic E-state index is 6.76. The normalized spacial score (nSPS) is 11.3. The SMILES string of the molecule is c1ccc(-c2cc(-c3ccccc3)cc(-c3cccc(-c4cccc5c4oc4cc(-c6nc(-c7ccccc7)nc(-c7ccccc7)n6)ccc45)c3)c2)cc1. The summed E-state index contributed by atoms with van der Waals surface area (Å²) in [5.74, 6) is 1.85. The summed E-state index contributed by atoms with van der Waals surface area (Å²) in [6.07, 6.45) is 0. The fraction of sp³-hybridized carbons (Fsp3) is 0. The molecule has 0 aliphatic heterocycles. The third-order valence-electron chi connectivity index (χ3n) is 10.1. The van der Waals surface area contributed by atoms with Gasteiger partial charge < -0.3 is 4.42 Å². The Labute approximate surface area is 319 Å². The van der Waals surface area contributed by atoms with Gasteiger partial charge >= 0.3 is 0 Å². The van der Waals surface area contributed by atoms with Gasteiger partial charge in [-0.1, -0.05) is 164 Å². The molecule has 0 N–H and O–H groups in total. The number of hydrogen-bond acceptors (Lipinski definition) is 4. The van der Waals surface area contributed by atoms with E-state index in [0.717, 1.165) is 60.9 Å². The van der Waals surface area contributed by atoms with Crippen molar-refractivity contribution in [2.24, 2.45) is 0 Å². The highest BCUT2D eigenvalue weighted by Gasteiger charge is 2.17. The van der Waals surface area contributed by atoms with Crippen LogP contribution >= 0.6 is 0 Å². The standard InChI is InChI=1S/C51H33N3O/c1-5-15-34(16-6-1)41-30-42(35-17-7-2-8-18-35)32-43(31-41)38-23-13-24-39(29-38)44-25-14-26-46-45-28-27-40(33-47(45)55-48(44)46)51-53-49(36-19-9-3-10-20-36)52-50(54-51)37-21-11-4-12-22-37/h1-33H. The van der Waals surface area contributed by atoms with Gasteiger partial charge in [-0.15, -0.1) is 0 Å². The molecule has 55 heavy (non-hydrogen) atoms. The molecule has 4 nitrogen and oxygen atoms in total. The molecular weight excluding hydrogens is 671 g/mol. The molecule has 0 spiro atoms. The molecule has 2 heterocycles. The van der Waals surface area contributed by atoms with Crippen molar-refractivity contribution in [3.63, 3.8) is 0 Å². The van der Waals surface area contributed by atoms with Crippen molar-refractivity contribution in [3.8, 4) is 78.7 Å². The van der Waals surface area contributed by atoms with Crippen molar-refractivity contribution in [1.82, 2.24) is 15.0 Å². The topological polar surface area (TPSA) is 51.8 Å². The molecule has 10 aromatic rings. The minimum absolute atomic E-state index is 0.593. The summed E-state index contributed by atoms with van der Waals surface area (Å²) in [6.45, 7) is 0. The number of hydrogen-bond donors (Lipinski definition) is 0. The van der Waals surface area contributed by atoms with E-state index in [1.807, 2.05) is 60.7 Å². The number of benzene rings is 8. The first-order chi connectivity index (χ1) is 27.2. The van der Waals surface area contributed by atoms with E-state index < -0.39 is 0 Å². The van der Waals surface area contributed by atoms with Crippen LogP contribution < -0.4 is 0 Å². The first-order valence-electron chi connectivity index (χ1n) is 18.4. The maximum absolute atomic E-state index is 6.76. The Morgan fingerprint density at radius 1 is 0.273 bits per heavy atom. The predicted octanol–water partition coefficient (Wildman–Crippen LogP) is 13.4. The molecule has 8 aromatic carbocycles. The molecule has 258 valence electrons.